The van der Waals surface area contributed by atoms with Gasteiger partial charge in [-0.15, -0.1) is 0 Å². The van der Waals surface area contributed by atoms with Gasteiger partial charge in [-0.2, -0.15) is 0 Å². The number of carbonyl (C=O) groups excluding carboxylic acids is 1. The topological polar surface area (TPSA) is 46.5 Å². The van der Waals surface area contributed by atoms with E-state index >= 15 is 0 Å². The fraction of sp³-hybridized carbons (Fsp3) is 0.300. The molecule has 0 aliphatic heterocycles. The van der Waals surface area contributed by atoms with Crippen molar-refractivity contribution >= 4 is 17.6 Å². The third kappa shape index (κ3) is 2.25. The second kappa shape index (κ2) is 4.98. The van der Waals surface area contributed by atoms with Crippen molar-refractivity contribution in [3.8, 4) is 0 Å². The van der Waals surface area contributed by atoms with E-state index in [0.29, 0.717) is 10.6 Å². The lowest BCUT2D eigenvalue weighted by molar-refractivity contribution is 0.0523. The summed E-state index contributed by atoms with van der Waals surface area (Å²) < 4.78 is 4.82. The van der Waals surface area contributed by atoms with Gasteiger partial charge in [0.05, 0.1) is 23.8 Å². The Hall–Kier alpha value is -1.06. The molecule has 1 aromatic rings. The van der Waals surface area contributed by atoms with Crippen molar-refractivity contribution < 1.29 is 14.6 Å². The average molecular weight is 215 g/mol. The molecule has 0 aliphatic rings. The number of aliphatic hydroxyl groups excluding tert-OH is 1. The Kier molecular flexibility index (Phi) is 3.92. The lowest BCUT2D eigenvalue weighted by atomic mass is 10.1. The first-order valence-electron chi connectivity index (χ1n) is 4.26. The molecule has 1 N–H and O–H groups in total. The molecular formula is C10H11ClO3. The smallest absolute Gasteiger partial charge is 0.340 e. The SMILES string of the molecule is CCOC(=O)c1c(Cl)cccc1CO. The van der Waals surface area contributed by atoms with Gasteiger partial charge >= 0.3 is 5.97 Å². The standard InChI is InChI=1S/C10H11ClO3/c1-2-14-10(13)9-7(6-12)4-3-5-8(9)11/h3-5,12H,2,6H2,1H3. The summed E-state index contributed by atoms with van der Waals surface area (Å²) in [6.07, 6.45) is 0. The summed E-state index contributed by atoms with van der Waals surface area (Å²) >= 11 is 5.83. The van der Waals surface area contributed by atoms with E-state index in [-0.39, 0.29) is 18.8 Å². The Morgan fingerprint density at radius 1 is 1.57 bits per heavy atom. The molecule has 4 heteroatoms. The van der Waals surface area contributed by atoms with Gasteiger partial charge in [-0.3, -0.25) is 0 Å². The summed E-state index contributed by atoms with van der Waals surface area (Å²) in [6, 6.07) is 4.90. The fourth-order valence-electron chi connectivity index (χ4n) is 1.13. The minimum Gasteiger partial charge on any atom is -0.462 e. The van der Waals surface area contributed by atoms with Gasteiger partial charge in [0.15, 0.2) is 0 Å². The predicted molar refractivity (Wildman–Crippen MR) is 53.3 cm³/mol. The van der Waals surface area contributed by atoms with Crippen LogP contribution in [0.15, 0.2) is 18.2 Å². The van der Waals surface area contributed by atoms with Crippen LogP contribution in [0.4, 0.5) is 0 Å². The largest absolute Gasteiger partial charge is 0.462 e. The molecule has 0 amide bonds. The molecule has 0 saturated carbocycles. The van der Waals surface area contributed by atoms with Crippen LogP contribution in [-0.2, 0) is 11.3 Å². The van der Waals surface area contributed by atoms with Crippen molar-refractivity contribution in [3.05, 3.63) is 34.3 Å². The fourth-order valence-corrected chi connectivity index (χ4v) is 1.40. The average Bonchev–Trinajstić information content (AvgIpc) is 2.17. The van der Waals surface area contributed by atoms with Crippen molar-refractivity contribution in [2.45, 2.75) is 13.5 Å². The summed E-state index contributed by atoms with van der Waals surface area (Å²) in [7, 11) is 0. The molecule has 0 atom stereocenters. The third-order valence-electron chi connectivity index (χ3n) is 1.75. The van der Waals surface area contributed by atoms with Gasteiger partial charge in [-0.1, -0.05) is 23.7 Å². The number of aliphatic hydroxyl groups is 1. The molecule has 0 saturated heterocycles. The monoisotopic (exact) mass is 214 g/mol. The molecule has 3 nitrogen and oxygen atoms in total. The van der Waals surface area contributed by atoms with Gasteiger partial charge in [-0.25, -0.2) is 4.79 Å². The van der Waals surface area contributed by atoms with Gasteiger partial charge in [0.1, 0.15) is 0 Å². The normalized spacial score (nSPS) is 9.93. The highest BCUT2D eigenvalue weighted by Gasteiger charge is 2.15. The van der Waals surface area contributed by atoms with Crippen LogP contribution in [0.5, 0.6) is 0 Å². The van der Waals surface area contributed by atoms with E-state index in [2.05, 4.69) is 0 Å². The Balaban J connectivity index is 3.10. The van der Waals surface area contributed by atoms with Crippen LogP contribution < -0.4 is 0 Å². The Morgan fingerprint density at radius 2 is 2.29 bits per heavy atom. The Labute approximate surface area is 87.3 Å². The quantitative estimate of drug-likeness (QED) is 0.783. The summed E-state index contributed by atoms with van der Waals surface area (Å²) in [5.74, 6) is -0.498. The molecule has 0 radical (unpaired) electrons. The van der Waals surface area contributed by atoms with Gasteiger partial charge in [0, 0.05) is 0 Å². The van der Waals surface area contributed by atoms with Gasteiger partial charge in [0.2, 0.25) is 0 Å². The summed E-state index contributed by atoms with van der Waals surface area (Å²) in [5, 5.41) is 9.29. The van der Waals surface area contributed by atoms with Gasteiger partial charge in [-0.05, 0) is 18.6 Å². The number of halogens is 1. The summed E-state index contributed by atoms with van der Waals surface area (Å²) in [4.78, 5) is 11.4. The van der Waals surface area contributed by atoms with Gasteiger partial charge in [0.25, 0.3) is 0 Å². The molecular weight excluding hydrogens is 204 g/mol. The number of carbonyl (C=O) groups is 1. The van der Waals surface area contributed by atoms with Crippen LogP contribution in [0.2, 0.25) is 5.02 Å². The molecule has 0 aliphatic carbocycles. The molecule has 1 aromatic carbocycles. The van der Waals surface area contributed by atoms with E-state index in [0.717, 1.165) is 0 Å². The molecule has 14 heavy (non-hydrogen) atoms. The maximum atomic E-state index is 11.4. The molecule has 0 spiro atoms. The Bertz CT molecular complexity index is 336. The predicted octanol–water partition coefficient (Wildman–Crippen LogP) is 2.01. The zero-order valence-corrected chi connectivity index (χ0v) is 8.54. The molecule has 0 heterocycles. The molecule has 0 aromatic heterocycles. The first-order chi connectivity index (χ1) is 6.70. The highest BCUT2D eigenvalue weighted by atomic mass is 35.5. The number of hydrogen-bond acceptors (Lipinski definition) is 3. The third-order valence-corrected chi connectivity index (χ3v) is 2.06. The lowest BCUT2D eigenvalue weighted by Gasteiger charge is -2.07. The molecule has 1 rings (SSSR count). The zero-order valence-electron chi connectivity index (χ0n) is 7.79. The first-order valence-corrected chi connectivity index (χ1v) is 4.63. The molecule has 0 unspecified atom stereocenters. The second-order valence-corrected chi connectivity index (χ2v) is 3.06. The van der Waals surface area contributed by atoms with Crippen LogP contribution in [0, 0.1) is 0 Å². The van der Waals surface area contributed by atoms with Crippen molar-refractivity contribution in [2.24, 2.45) is 0 Å². The van der Waals surface area contributed by atoms with Crippen molar-refractivity contribution in [2.75, 3.05) is 6.61 Å². The van der Waals surface area contributed by atoms with Gasteiger partial charge < -0.3 is 9.84 Å². The van der Waals surface area contributed by atoms with E-state index in [1.807, 2.05) is 0 Å². The summed E-state index contributed by atoms with van der Waals surface area (Å²) in [6.45, 7) is 1.77. The molecule has 76 valence electrons. The van der Waals surface area contributed by atoms with E-state index in [1.54, 1.807) is 25.1 Å². The lowest BCUT2D eigenvalue weighted by Crippen LogP contribution is -2.08. The first kappa shape index (κ1) is 11.0. The van der Waals surface area contributed by atoms with Crippen molar-refractivity contribution in [1.29, 1.82) is 0 Å². The minimum absolute atomic E-state index is 0.227. The van der Waals surface area contributed by atoms with E-state index < -0.39 is 5.97 Å². The highest BCUT2D eigenvalue weighted by Crippen LogP contribution is 2.21. The van der Waals surface area contributed by atoms with Crippen LogP contribution in [0.1, 0.15) is 22.8 Å². The number of rotatable bonds is 3. The maximum Gasteiger partial charge on any atom is 0.340 e. The van der Waals surface area contributed by atoms with Crippen molar-refractivity contribution in [1.82, 2.24) is 0 Å². The van der Waals surface area contributed by atoms with Crippen LogP contribution >= 0.6 is 11.6 Å². The van der Waals surface area contributed by atoms with Crippen molar-refractivity contribution in [3.63, 3.8) is 0 Å². The number of benzene rings is 1. The number of ether oxygens (including phenoxy) is 1. The Morgan fingerprint density at radius 3 is 2.86 bits per heavy atom. The summed E-state index contributed by atoms with van der Waals surface area (Å²) in [5.41, 5.74) is 0.731. The highest BCUT2D eigenvalue weighted by molar-refractivity contribution is 6.33. The second-order valence-electron chi connectivity index (χ2n) is 2.65. The van der Waals surface area contributed by atoms with E-state index in [4.69, 9.17) is 21.4 Å². The number of hydrogen-bond donors (Lipinski definition) is 1. The maximum absolute atomic E-state index is 11.4. The zero-order chi connectivity index (χ0) is 10.6. The van der Waals surface area contributed by atoms with Crippen LogP contribution in [-0.4, -0.2) is 17.7 Å². The van der Waals surface area contributed by atoms with Crippen LogP contribution in [0.25, 0.3) is 0 Å². The van der Waals surface area contributed by atoms with E-state index in [1.165, 1.54) is 0 Å². The van der Waals surface area contributed by atoms with E-state index in [9.17, 15) is 4.79 Å². The van der Waals surface area contributed by atoms with Crippen LogP contribution in [0.3, 0.4) is 0 Å². The number of esters is 1. The molecule has 0 fully saturated rings. The molecule has 0 bridgehead atoms. The minimum atomic E-state index is -0.498.